The van der Waals surface area contributed by atoms with Gasteiger partial charge in [0.05, 0.1) is 0 Å². The van der Waals surface area contributed by atoms with Gasteiger partial charge >= 0.3 is 0 Å². The Balaban J connectivity index is 3.55. The highest BCUT2D eigenvalue weighted by atomic mass is 16.1. The van der Waals surface area contributed by atoms with Gasteiger partial charge in [0, 0.05) is 12.8 Å². The normalized spacial score (nSPS) is 10.7. The van der Waals surface area contributed by atoms with Crippen LogP contribution >= 0.6 is 0 Å². The summed E-state index contributed by atoms with van der Waals surface area (Å²) in [4.78, 5) is 22.0. The molecule has 0 aromatic heterocycles. The van der Waals surface area contributed by atoms with E-state index < -0.39 is 0 Å². The van der Waals surface area contributed by atoms with Crippen LogP contribution in [-0.4, -0.2) is 11.6 Å². The first kappa shape index (κ1) is 13.1. The van der Waals surface area contributed by atoms with Crippen molar-refractivity contribution in [3.05, 3.63) is 12.2 Å². The molecule has 0 heterocycles. The Hall–Kier alpha value is -0.920. The Morgan fingerprint density at radius 2 is 1.57 bits per heavy atom. The van der Waals surface area contributed by atoms with E-state index in [2.05, 4.69) is 6.92 Å². The smallest absolute Gasteiger partial charge is 0.155 e. The van der Waals surface area contributed by atoms with Crippen molar-refractivity contribution in [1.82, 2.24) is 0 Å². The molecule has 0 bridgehead atoms. The molecule has 0 fully saturated rings. The first-order valence-electron chi connectivity index (χ1n) is 5.44. The number of allylic oxidation sites excluding steroid dienone is 2. The van der Waals surface area contributed by atoms with Crippen molar-refractivity contribution < 1.29 is 9.59 Å². The molecule has 0 rings (SSSR count). The van der Waals surface area contributed by atoms with Crippen LogP contribution in [0.3, 0.4) is 0 Å². The molecule has 0 spiro atoms. The summed E-state index contributed by atoms with van der Waals surface area (Å²) in [6.45, 7) is 3.93. The van der Waals surface area contributed by atoms with E-state index in [1.54, 1.807) is 6.92 Å². The van der Waals surface area contributed by atoms with Gasteiger partial charge in [-0.25, -0.2) is 0 Å². The summed E-state index contributed by atoms with van der Waals surface area (Å²) in [6.07, 6.45) is 8.27. The van der Waals surface area contributed by atoms with Crippen molar-refractivity contribution in [3.8, 4) is 0 Å². The van der Waals surface area contributed by atoms with Gasteiger partial charge in [0.2, 0.25) is 0 Å². The summed E-state index contributed by atoms with van der Waals surface area (Å²) in [5.41, 5.74) is 0. The molecule has 0 aliphatic carbocycles. The van der Waals surface area contributed by atoms with Crippen LogP contribution in [0.5, 0.6) is 0 Å². The molecular formula is C12H20O2. The summed E-state index contributed by atoms with van der Waals surface area (Å²) >= 11 is 0. The second kappa shape index (κ2) is 8.67. The fourth-order valence-electron chi connectivity index (χ4n) is 1.11. The molecule has 2 nitrogen and oxygen atoms in total. The van der Waals surface area contributed by atoms with Crippen LogP contribution in [0, 0.1) is 0 Å². The van der Waals surface area contributed by atoms with E-state index in [4.69, 9.17) is 0 Å². The lowest BCUT2D eigenvalue weighted by Crippen LogP contribution is -1.95. The zero-order valence-corrected chi connectivity index (χ0v) is 9.21. The lowest BCUT2D eigenvalue weighted by Gasteiger charge is -1.95. The van der Waals surface area contributed by atoms with Crippen LogP contribution in [0.1, 0.15) is 52.4 Å². The van der Waals surface area contributed by atoms with Gasteiger partial charge in [-0.15, -0.1) is 0 Å². The third-order valence-electron chi connectivity index (χ3n) is 2.08. The van der Waals surface area contributed by atoms with E-state index in [-0.39, 0.29) is 11.6 Å². The highest BCUT2D eigenvalue weighted by Crippen LogP contribution is 2.03. The molecule has 80 valence electrons. The molecule has 0 aliphatic rings. The summed E-state index contributed by atoms with van der Waals surface area (Å²) in [7, 11) is 0. The minimum Gasteiger partial charge on any atom is -0.295 e. The van der Waals surface area contributed by atoms with Gasteiger partial charge in [0.15, 0.2) is 11.6 Å². The lowest BCUT2D eigenvalue weighted by atomic mass is 10.1. The Kier molecular flexibility index (Phi) is 8.10. The van der Waals surface area contributed by atoms with Crippen LogP contribution < -0.4 is 0 Å². The number of hydrogen-bond acceptors (Lipinski definition) is 2. The maximum absolute atomic E-state index is 11.2. The van der Waals surface area contributed by atoms with Crippen LogP contribution in [0.25, 0.3) is 0 Å². The molecule has 2 heteroatoms. The van der Waals surface area contributed by atoms with Gasteiger partial charge < -0.3 is 0 Å². The fraction of sp³-hybridized carbons (Fsp3) is 0.667. The molecule has 0 saturated heterocycles. The zero-order chi connectivity index (χ0) is 10.8. The minimum absolute atomic E-state index is 0.0203. The van der Waals surface area contributed by atoms with Gasteiger partial charge in [-0.2, -0.15) is 0 Å². The van der Waals surface area contributed by atoms with Crippen LogP contribution in [0.2, 0.25) is 0 Å². The Morgan fingerprint density at radius 3 is 2.14 bits per heavy atom. The van der Waals surface area contributed by atoms with Gasteiger partial charge in [0.1, 0.15) is 0 Å². The molecule has 0 N–H and O–H groups in total. The van der Waals surface area contributed by atoms with Crippen LogP contribution in [-0.2, 0) is 9.59 Å². The maximum atomic E-state index is 11.2. The molecule has 0 atom stereocenters. The lowest BCUT2D eigenvalue weighted by molar-refractivity contribution is -0.116. The van der Waals surface area contributed by atoms with E-state index in [0.29, 0.717) is 12.8 Å². The third kappa shape index (κ3) is 7.71. The van der Waals surface area contributed by atoms with Gasteiger partial charge in [0.25, 0.3) is 0 Å². The summed E-state index contributed by atoms with van der Waals surface area (Å²) in [5.74, 6) is 0.0924. The van der Waals surface area contributed by atoms with E-state index in [1.165, 1.54) is 25.0 Å². The van der Waals surface area contributed by atoms with Crippen molar-refractivity contribution in [2.24, 2.45) is 0 Å². The standard InChI is InChI=1S/C12H20O2/c1-3-5-6-7-8-12(14)10-9-11(13)4-2/h9-10H,3-8H2,1-2H3/b10-9+. The maximum Gasteiger partial charge on any atom is 0.155 e. The molecule has 0 amide bonds. The van der Waals surface area contributed by atoms with Gasteiger partial charge in [-0.3, -0.25) is 9.59 Å². The number of rotatable bonds is 8. The zero-order valence-electron chi connectivity index (χ0n) is 9.21. The molecule has 14 heavy (non-hydrogen) atoms. The van der Waals surface area contributed by atoms with E-state index >= 15 is 0 Å². The fourth-order valence-corrected chi connectivity index (χ4v) is 1.11. The molecule has 0 aliphatic heterocycles. The summed E-state index contributed by atoms with van der Waals surface area (Å²) in [6, 6.07) is 0. The van der Waals surface area contributed by atoms with E-state index in [0.717, 1.165) is 12.8 Å². The van der Waals surface area contributed by atoms with Crippen molar-refractivity contribution in [3.63, 3.8) is 0 Å². The van der Waals surface area contributed by atoms with Crippen molar-refractivity contribution >= 4 is 11.6 Å². The Labute approximate surface area is 86.4 Å². The number of unbranched alkanes of at least 4 members (excludes halogenated alkanes) is 3. The topological polar surface area (TPSA) is 34.1 Å². The second-order valence-electron chi connectivity index (χ2n) is 3.43. The van der Waals surface area contributed by atoms with Crippen molar-refractivity contribution in [1.29, 1.82) is 0 Å². The second-order valence-corrected chi connectivity index (χ2v) is 3.43. The SMILES string of the molecule is CCCCCCC(=O)/C=C/C(=O)CC. The third-order valence-corrected chi connectivity index (χ3v) is 2.08. The highest BCUT2D eigenvalue weighted by Gasteiger charge is 1.97. The van der Waals surface area contributed by atoms with E-state index in [9.17, 15) is 9.59 Å². The first-order valence-corrected chi connectivity index (χ1v) is 5.44. The number of carbonyl (C=O) groups is 2. The minimum atomic E-state index is 0.0203. The predicted octanol–water partition coefficient (Wildman–Crippen LogP) is 3.06. The van der Waals surface area contributed by atoms with Crippen LogP contribution in [0.15, 0.2) is 12.2 Å². The largest absolute Gasteiger partial charge is 0.295 e. The number of ketones is 2. The molecule has 0 saturated carbocycles. The van der Waals surface area contributed by atoms with Gasteiger partial charge in [-0.05, 0) is 18.6 Å². The van der Waals surface area contributed by atoms with E-state index in [1.807, 2.05) is 0 Å². The molecule has 0 aromatic carbocycles. The first-order chi connectivity index (χ1) is 6.70. The monoisotopic (exact) mass is 196 g/mol. The summed E-state index contributed by atoms with van der Waals surface area (Å²) < 4.78 is 0. The number of hydrogen-bond donors (Lipinski definition) is 0. The molecule has 0 radical (unpaired) electrons. The number of carbonyl (C=O) groups excluding carboxylic acids is 2. The average Bonchev–Trinajstić information content (AvgIpc) is 2.21. The van der Waals surface area contributed by atoms with Gasteiger partial charge in [-0.1, -0.05) is 33.1 Å². The summed E-state index contributed by atoms with van der Waals surface area (Å²) in [5, 5.41) is 0. The highest BCUT2D eigenvalue weighted by molar-refractivity contribution is 5.98. The Bertz CT molecular complexity index is 204. The van der Waals surface area contributed by atoms with Crippen molar-refractivity contribution in [2.45, 2.75) is 52.4 Å². The predicted molar refractivity (Wildman–Crippen MR) is 58.2 cm³/mol. The Morgan fingerprint density at radius 1 is 0.929 bits per heavy atom. The quantitative estimate of drug-likeness (QED) is 0.441. The van der Waals surface area contributed by atoms with Crippen molar-refractivity contribution in [2.75, 3.05) is 0 Å². The van der Waals surface area contributed by atoms with Crippen LogP contribution in [0.4, 0.5) is 0 Å². The molecule has 0 unspecified atom stereocenters. The molecular weight excluding hydrogens is 176 g/mol. The average molecular weight is 196 g/mol. The molecule has 0 aromatic rings.